The lowest BCUT2D eigenvalue weighted by Crippen LogP contribution is -2.51. The van der Waals surface area contributed by atoms with Crippen LogP contribution in [0.15, 0.2) is 12.4 Å². The minimum atomic E-state index is -0.948. The predicted molar refractivity (Wildman–Crippen MR) is 68.6 cm³/mol. The molecule has 1 atom stereocenters. The molecule has 0 bridgehead atoms. The van der Waals surface area contributed by atoms with Gasteiger partial charge in [-0.15, -0.1) is 0 Å². The van der Waals surface area contributed by atoms with E-state index < -0.39 is 11.5 Å². The van der Waals surface area contributed by atoms with E-state index in [2.05, 4.69) is 9.97 Å². The van der Waals surface area contributed by atoms with Crippen molar-refractivity contribution in [2.45, 2.75) is 38.1 Å². The molecule has 19 heavy (non-hydrogen) atoms. The number of carbonyl (C=O) groups is 1. The maximum atomic E-state index is 11.7. The summed E-state index contributed by atoms with van der Waals surface area (Å²) in [5.74, 6) is -0.459. The van der Waals surface area contributed by atoms with Crippen LogP contribution in [0.25, 0.3) is 0 Å². The Kier molecular flexibility index (Phi) is 3.65. The molecule has 6 heteroatoms. The molecular weight excluding hydrogens is 244 g/mol. The van der Waals surface area contributed by atoms with Crippen LogP contribution in [0.4, 0.5) is 5.82 Å². The fourth-order valence-corrected chi connectivity index (χ4v) is 2.80. The number of hydrogen-bond acceptors (Lipinski definition) is 5. The van der Waals surface area contributed by atoms with Gasteiger partial charge in [0.1, 0.15) is 11.6 Å². The van der Waals surface area contributed by atoms with Crippen LogP contribution in [-0.2, 0) is 4.79 Å². The van der Waals surface area contributed by atoms with E-state index in [9.17, 15) is 9.90 Å². The SMILES string of the molecule is CCCC1(C(=O)O)CCCN1c1nccnc1C#N. The van der Waals surface area contributed by atoms with Gasteiger partial charge >= 0.3 is 5.97 Å². The number of carboxylic acid groups (broad SMARTS) is 1. The molecule has 100 valence electrons. The topological polar surface area (TPSA) is 90.1 Å². The standard InChI is InChI=1S/C13H16N4O2/c1-2-4-13(12(18)19)5-3-8-17(13)11-10(9-14)15-6-7-16-11/h6-7H,2-5,8H2,1H3,(H,18,19). The number of hydrogen-bond donors (Lipinski definition) is 1. The molecule has 2 heterocycles. The van der Waals surface area contributed by atoms with Crippen molar-refractivity contribution < 1.29 is 9.90 Å². The number of aliphatic carboxylic acids is 1. The quantitative estimate of drug-likeness (QED) is 0.883. The number of nitriles is 1. The predicted octanol–water partition coefficient (Wildman–Crippen LogP) is 1.57. The third-order valence-electron chi connectivity index (χ3n) is 3.59. The molecule has 2 rings (SSSR count). The molecule has 1 aromatic heterocycles. The van der Waals surface area contributed by atoms with Gasteiger partial charge in [-0.1, -0.05) is 13.3 Å². The number of nitrogens with zero attached hydrogens (tertiary/aromatic N) is 4. The highest BCUT2D eigenvalue weighted by Gasteiger charge is 2.48. The van der Waals surface area contributed by atoms with E-state index >= 15 is 0 Å². The summed E-state index contributed by atoms with van der Waals surface area (Å²) in [6, 6.07) is 1.98. The van der Waals surface area contributed by atoms with E-state index in [1.165, 1.54) is 12.4 Å². The van der Waals surface area contributed by atoms with Crippen LogP contribution in [-0.4, -0.2) is 33.1 Å². The summed E-state index contributed by atoms with van der Waals surface area (Å²) in [5.41, 5.74) is -0.762. The first-order chi connectivity index (χ1) is 9.15. The molecule has 0 radical (unpaired) electrons. The summed E-state index contributed by atoms with van der Waals surface area (Å²) in [7, 11) is 0. The van der Waals surface area contributed by atoms with Gasteiger partial charge in [0, 0.05) is 18.9 Å². The third kappa shape index (κ3) is 2.12. The summed E-state index contributed by atoms with van der Waals surface area (Å²) in [4.78, 5) is 21.6. The second kappa shape index (κ2) is 5.22. The van der Waals surface area contributed by atoms with Gasteiger partial charge in [-0.3, -0.25) is 0 Å². The van der Waals surface area contributed by atoms with Crippen molar-refractivity contribution in [1.29, 1.82) is 5.26 Å². The molecule has 1 unspecified atom stereocenters. The molecule has 0 aromatic carbocycles. The molecule has 1 saturated heterocycles. The summed E-state index contributed by atoms with van der Waals surface area (Å²) in [6.45, 7) is 2.56. The number of aromatic nitrogens is 2. The van der Waals surface area contributed by atoms with Gasteiger partial charge in [-0.05, 0) is 19.3 Å². The highest BCUT2D eigenvalue weighted by atomic mass is 16.4. The van der Waals surface area contributed by atoms with E-state index in [0.29, 0.717) is 25.2 Å². The van der Waals surface area contributed by atoms with Gasteiger partial charge in [0.25, 0.3) is 0 Å². The number of rotatable bonds is 4. The summed E-state index contributed by atoms with van der Waals surface area (Å²) in [5, 5.41) is 18.7. The molecular formula is C13H16N4O2. The molecule has 1 aliphatic rings. The zero-order valence-corrected chi connectivity index (χ0v) is 10.8. The maximum Gasteiger partial charge on any atom is 0.329 e. The molecule has 6 nitrogen and oxygen atoms in total. The first kappa shape index (κ1) is 13.3. The smallest absolute Gasteiger partial charge is 0.329 e. The van der Waals surface area contributed by atoms with Crippen LogP contribution < -0.4 is 4.90 Å². The molecule has 0 spiro atoms. The van der Waals surface area contributed by atoms with E-state index in [1.807, 2.05) is 13.0 Å². The molecule has 0 amide bonds. The Morgan fingerprint density at radius 1 is 1.58 bits per heavy atom. The minimum Gasteiger partial charge on any atom is -0.479 e. The fraction of sp³-hybridized carbons (Fsp3) is 0.538. The van der Waals surface area contributed by atoms with Crippen molar-refractivity contribution in [2.75, 3.05) is 11.4 Å². The highest BCUT2D eigenvalue weighted by Crippen LogP contribution is 2.37. The van der Waals surface area contributed by atoms with E-state index in [0.717, 1.165) is 12.8 Å². The normalized spacial score (nSPS) is 22.2. The second-order valence-corrected chi connectivity index (χ2v) is 4.68. The van der Waals surface area contributed by atoms with Crippen LogP contribution in [0.3, 0.4) is 0 Å². The lowest BCUT2D eigenvalue weighted by molar-refractivity contribution is -0.143. The Hall–Kier alpha value is -2.16. The lowest BCUT2D eigenvalue weighted by atomic mass is 9.90. The first-order valence-electron chi connectivity index (χ1n) is 6.38. The van der Waals surface area contributed by atoms with Gasteiger partial charge in [0.05, 0.1) is 0 Å². The molecule has 0 saturated carbocycles. The van der Waals surface area contributed by atoms with Crippen molar-refractivity contribution in [3.63, 3.8) is 0 Å². The maximum absolute atomic E-state index is 11.7. The lowest BCUT2D eigenvalue weighted by Gasteiger charge is -2.35. The minimum absolute atomic E-state index is 0.186. The average molecular weight is 260 g/mol. The van der Waals surface area contributed by atoms with E-state index in [1.54, 1.807) is 4.90 Å². The van der Waals surface area contributed by atoms with Crippen LogP contribution >= 0.6 is 0 Å². The molecule has 1 fully saturated rings. The number of carboxylic acids is 1. The second-order valence-electron chi connectivity index (χ2n) is 4.68. The van der Waals surface area contributed by atoms with Crippen molar-refractivity contribution in [3.05, 3.63) is 18.1 Å². The van der Waals surface area contributed by atoms with Crippen molar-refractivity contribution in [1.82, 2.24) is 9.97 Å². The third-order valence-corrected chi connectivity index (χ3v) is 3.59. The van der Waals surface area contributed by atoms with Crippen LogP contribution in [0.2, 0.25) is 0 Å². The largest absolute Gasteiger partial charge is 0.479 e. The van der Waals surface area contributed by atoms with Crippen LogP contribution in [0.1, 0.15) is 38.3 Å². The van der Waals surface area contributed by atoms with Gasteiger partial charge < -0.3 is 10.0 Å². The van der Waals surface area contributed by atoms with Crippen molar-refractivity contribution in [3.8, 4) is 6.07 Å². The summed E-state index contributed by atoms with van der Waals surface area (Å²) in [6.07, 6.45) is 5.62. The Labute approximate surface area is 111 Å². The Morgan fingerprint density at radius 2 is 2.32 bits per heavy atom. The first-order valence-corrected chi connectivity index (χ1v) is 6.38. The monoisotopic (exact) mass is 260 g/mol. The average Bonchev–Trinajstić information content (AvgIpc) is 2.84. The van der Waals surface area contributed by atoms with E-state index in [4.69, 9.17) is 5.26 Å². The fourth-order valence-electron chi connectivity index (χ4n) is 2.80. The van der Waals surface area contributed by atoms with Crippen molar-refractivity contribution >= 4 is 11.8 Å². The molecule has 0 aliphatic carbocycles. The Bertz CT molecular complexity index is 526. The van der Waals surface area contributed by atoms with E-state index in [-0.39, 0.29) is 5.69 Å². The summed E-state index contributed by atoms with van der Waals surface area (Å²) < 4.78 is 0. The van der Waals surface area contributed by atoms with Crippen molar-refractivity contribution in [2.24, 2.45) is 0 Å². The Balaban J connectivity index is 2.48. The van der Waals surface area contributed by atoms with Gasteiger partial charge in [-0.2, -0.15) is 5.26 Å². The number of anilines is 1. The molecule has 1 aromatic rings. The molecule has 1 N–H and O–H groups in total. The van der Waals surface area contributed by atoms with Gasteiger partial charge in [0.15, 0.2) is 11.5 Å². The van der Waals surface area contributed by atoms with Gasteiger partial charge in [-0.25, -0.2) is 14.8 Å². The molecule has 1 aliphatic heterocycles. The highest BCUT2D eigenvalue weighted by molar-refractivity contribution is 5.84. The van der Waals surface area contributed by atoms with Crippen LogP contribution in [0, 0.1) is 11.3 Å². The van der Waals surface area contributed by atoms with Crippen LogP contribution in [0.5, 0.6) is 0 Å². The zero-order chi connectivity index (χ0) is 13.9. The zero-order valence-electron chi connectivity index (χ0n) is 10.8. The summed E-state index contributed by atoms with van der Waals surface area (Å²) >= 11 is 0. The Morgan fingerprint density at radius 3 is 2.95 bits per heavy atom. The van der Waals surface area contributed by atoms with Gasteiger partial charge in [0.2, 0.25) is 0 Å².